The summed E-state index contributed by atoms with van der Waals surface area (Å²) in [5.74, 6) is 0. The van der Waals surface area contributed by atoms with E-state index in [2.05, 4.69) is 32.9 Å². The second-order valence-electron chi connectivity index (χ2n) is 3.47. The zero-order valence-electron chi connectivity index (χ0n) is 8.73. The first-order valence-corrected chi connectivity index (χ1v) is 3.48. The molecule has 0 N–H and O–H groups in total. The maximum absolute atomic E-state index is 3.01. The van der Waals surface area contributed by atoms with Gasteiger partial charge in [0.25, 0.3) is 0 Å². The molecule has 12 heavy (non-hydrogen) atoms. The van der Waals surface area contributed by atoms with Gasteiger partial charge in [-0.2, -0.15) is 0 Å². The Morgan fingerprint density at radius 1 is 1.00 bits per heavy atom. The van der Waals surface area contributed by atoms with Crippen LogP contribution in [-0.4, -0.2) is 0 Å². The van der Waals surface area contributed by atoms with Gasteiger partial charge in [0.05, 0.1) is 0 Å². The fourth-order valence-corrected chi connectivity index (χ4v) is 0.786. The van der Waals surface area contributed by atoms with Gasteiger partial charge < -0.3 is 18.2 Å². The Bertz CT molecular complexity index is 199. The van der Waals surface area contributed by atoms with E-state index in [1.54, 1.807) is 6.07 Å². The van der Waals surface area contributed by atoms with Crippen molar-refractivity contribution in [3.63, 3.8) is 0 Å². The molecule has 0 radical (unpaired) electrons. The maximum atomic E-state index is 3.01. The first-order valence-electron chi connectivity index (χ1n) is 3.48. The van der Waals surface area contributed by atoms with Gasteiger partial charge in [-0.3, -0.25) is 17.7 Å². The zero-order chi connectivity index (χ0) is 7.61. The standard InChI is InChI=1S/C10H12.2K/c1-10(2,3)9-7-5-4-6-8-9;;/h4,7-8H,1-3H3;;/q-2;2*+1. The molecule has 1 rings (SSSR count). The summed E-state index contributed by atoms with van der Waals surface area (Å²) in [5, 5.41) is 0. The molecule has 0 unspecified atom stereocenters. The van der Waals surface area contributed by atoms with E-state index in [9.17, 15) is 0 Å². The van der Waals surface area contributed by atoms with Crippen molar-refractivity contribution in [3.8, 4) is 0 Å². The first kappa shape index (κ1) is 16.9. The van der Waals surface area contributed by atoms with Crippen molar-refractivity contribution in [2.24, 2.45) is 0 Å². The molecular formula is C10H12K2. The molecule has 0 saturated carbocycles. The normalized spacial score (nSPS) is 9.58. The molecule has 0 aliphatic rings. The van der Waals surface area contributed by atoms with Crippen LogP contribution < -0.4 is 103 Å². The molecule has 0 spiro atoms. The van der Waals surface area contributed by atoms with Crippen LogP contribution in [0.1, 0.15) is 26.3 Å². The predicted molar refractivity (Wildman–Crippen MR) is 42.8 cm³/mol. The number of benzene rings is 1. The Balaban J connectivity index is 0. The van der Waals surface area contributed by atoms with Crippen molar-refractivity contribution in [3.05, 3.63) is 35.9 Å². The molecule has 54 valence electrons. The SMILES string of the molecule is CC(C)(C)c1c[c-]c[c-]c1.[K+].[K+]. The van der Waals surface area contributed by atoms with E-state index in [1.807, 2.05) is 12.1 Å². The second kappa shape index (κ2) is 7.74. The summed E-state index contributed by atoms with van der Waals surface area (Å²) in [7, 11) is 0. The average Bonchev–Trinajstić information content (AvgIpc) is 1.88. The van der Waals surface area contributed by atoms with Gasteiger partial charge in [-0.05, 0) is 0 Å². The van der Waals surface area contributed by atoms with Crippen LogP contribution in [-0.2, 0) is 5.41 Å². The summed E-state index contributed by atoms with van der Waals surface area (Å²) in [6.07, 6.45) is 0. The van der Waals surface area contributed by atoms with Crippen molar-refractivity contribution in [1.29, 1.82) is 0 Å². The largest absolute Gasteiger partial charge is 1.00 e. The molecule has 1 aromatic rings. The Morgan fingerprint density at radius 3 is 1.67 bits per heavy atom. The van der Waals surface area contributed by atoms with E-state index < -0.39 is 0 Å². The third kappa shape index (κ3) is 6.07. The summed E-state index contributed by atoms with van der Waals surface area (Å²) in [5.41, 5.74) is 1.52. The summed E-state index contributed by atoms with van der Waals surface area (Å²) in [6.45, 7) is 6.55. The van der Waals surface area contributed by atoms with E-state index in [0.29, 0.717) is 0 Å². The molecule has 0 heterocycles. The maximum Gasteiger partial charge on any atom is 1.00 e. The Kier molecular flexibility index (Phi) is 10.9. The Hall–Kier alpha value is 2.49. The molecule has 2 heteroatoms. The van der Waals surface area contributed by atoms with Crippen molar-refractivity contribution < 1.29 is 103 Å². The average molecular weight is 210 g/mol. The van der Waals surface area contributed by atoms with Gasteiger partial charge in [0.1, 0.15) is 0 Å². The van der Waals surface area contributed by atoms with Crippen LogP contribution in [0, 0.1) is 12.1 Å². The fourth-order valence-electron chi connectivity index (χ4n) is 0.786. The van der Waals surface area contributed by atoms with E-state index in [0.717, 1.165) is 0 Å². The van der Waals surface area contributed by atoms with Crippen LogP contribution in [0.25, 0.3) is 0 Å². The van der Waals surface area contributed by atoms with Crippen LogP contribution in [0.5, 0.6) is 0 Å². The summed E-state index contributed by atoms with van der Waals surface area (Å²) < 4.78 is 0. The topological polar surface area (TPSA) is 0 Å². The quantitative estimate of drug-likeness (QED) is 0.309. The van der Waals surface area contributed by atoms with Gasteiger partial charge in [-0.25, -0.2) is 0 Å². The minimum atomic E-state index is 0. The van der Waals surface area contributed by atoms with Crippen LogP contribution >= 0.6 is 0 Å². The molecule has 0 atom stereocenters. The predicted octanol–water partition coefficient (Wildman–Crippen LogP) is -3.41. The van der Waals surface area contributed by atoms with Gasteiger partial charge in [0.15, 0.2) is 0 Å². The molecule has 0 nitrogen and oxygen atoms in total. The van der Waals surface area contributed by atoms with Gasteiger partial charge in [0, 0.05) is 0 Å². The number of hydrogen-bond acceptors (Lipinski definition) is 0. The summed E-state index contributed by atoms with van der Waals surface area (Å²) >= 11 is 0. The third-order valence-corrected chi connectivity index (χ3v) is 1.51. The third-order valence-electron chi connectivity index (χ3n) is 1.51. The van der Waals surface area contributed by atoms with Gasteiger partial charge in [-0.15, -0.1) is 5.41 Å². The van der Waals surface area contributed by atoms with Crippen molar-refractivity contribution in [1.82, 2.24) is 0 Å². The van der Waals surface area contributed by atoms with Crippen molar-refractivity contribution in [2.45, 2.75) is 26.2 Å². The first-order chi connectivity index (χ1) is 4.61. The fraction of sp³-hybridized carbons (Fsp3) is 0.400. The summed E-state index contributed by atoms with van der Waals surface area (Å²) in [6, 6.07) is 11.8. The Labute approximate surface area is 161 Å². The van der Waals surface area contributed by atoms with E-state index in [4.69, 9.17) is 0 Å². The minimum absolute atomic E-state index is 0. The molecule has 0 aliphatic heterocycles. The summed E-state index contributed by atoms with van der Waals surface area (Å²) in [4.78, 5) is 0. The smallest absolute Gasteiger partial charge is 0.359 e. The zero-order valence-corrected chi connectivity index (χ0v) is 15.0. The Morgan fingerprint density at radius 2 is 1.42 bits per heavy atom. The van der Waals surface area contributed by atoms with Crippen molar-refractivity contribution in [2.75, 3.05) is 0 Å². The molecule has 1 aromatic carbocycles. The van der Waals surface area contributed by atoms with E-state index in [-0.39, 0.29) is 108 Å². The van der Waals surface area contributed by atoms with Crippen LogP contribution in [0.4, 0.5) is 0 Å². The van der Waals surface area contributed by atoms with Crippen LogP contribution in [0.15, 0.2) is 18.2 Å². The van der Waals surface area contributed by atoms with Crippen molar-refractivity contribution >= 4 is 0 Å². The van der Waals surface area contributed by atoms with Gasteiger partial charge >= 0.3 is 103 Å². The van der Waals surface area contributed by atoms with Gasteiger partial charge in [0.2, 0.25) is 0 Å². The molecule has 0 amide bonds. The number of hydrogen-bond donors (Lipinski definition) is 0. The van der Waals surface area contributed by atoms with E-state index >= 15 is 0 Å². The van der Waals surface area contributed by atoms with E-state index in [1.165, 1.54) is 5.56 Å². The molecule has 0 aliphatic carbocycles. The molecule has 0 saturated heterocycles. The van der Waals surface area contributed by atoms with Crippen LogP contribution in [0.2, 0.25) is 0 Å². The molecule has 0 bridgehead atoms. The monoisotopic (exact) mass is 210 g/mol. The molecule has 0 fully saturated rings. The molecular weight excluding hydrogens is 198 g/mol. The minimum Gasteiger partial charge on any atom is -0.359 e. The number of rotatable bonds is 0. The molecule has 0 aromatic heterocycles. The van der Waals surface area contributed by atoms with Gasteiger partial charge in [-0.1, -0.05) is 20.8 Å². The van der Waals surface area contributed by atoms with Crippen LogP contribution in [0.3, 0.4) is 0 Å². The second-order valence-corrected chi connectivity index (χ2v) is 3.47.